The summed E-state index contributed by atoms with van der Waals surface area (Å²) in [6.45, 7) is 0. The lowest BCUT2D eigenvalue weighted by Crippen LogP contribution is -2.16. The Morgan fingerprint density at radius 2 is 1.03 bits per heavy atom. The van der Waals surface area contributed by atoms with Gasteiger partial charge in [-0.05, 0) is 12.1 Å². The Morgan fingerprint density at radius 3 is 1.60 bits per heavy atom. The molecule has 1 aromatic heterocycles. The minimum Gasteiger partial charge on any atom is -0.383 e. The van der Waals surface area contributed by atoms with Gasteiger partial charge >= 0.3 is 0 Å². The number of benzene rings is 4. The standard InChI is InChI=1S/C26H20N4/c27-25(19-11-3-1-4-12-19)28-26(20-13-5-2-6-14-20)29-30-23-17-9-7-15-21(23)22-16-8-10-18-24(22)30/h1-18H,(H2,27,28,29). The molecule has 0 aliphatic heterocycles. The van der Waals surface area contributed by atoms with Crippen LogP contribution in [-0.4, -0.2) is 16.3 Å². The predicted molar refractivity (Wildman–Crippen MR) is 125 cm³/mol. The number of amidine groups is 2. The van der Waals surface area contributed by atoms with E-state index >= 15 is 0 Å². The second-order valence-electron chi connectivity index (χ2n) is 7.00. The average molecular weight is 388 g/mol. The van der Waals surface area contributed by atoms with Crippen molar-refractivity contribution in [1.82, 2.24) is 4.68 Å². The van der Waals surface area contributed by atoms with Crippen LogP contribution >= 0.6 is 0 Å². The van der Waals surface area contributed by atoms with Crippen molar-refractivity contribution < 1.29 is 0 Å². The molecule has 2 N–H and O–H groups in total. The van der Waals surface area contributed by atoms with Crippen molar-refractivity contribution in [2.75, 3.05) is 0 Å². The first kappa shape index (κ1) is 17.9. The first-order chi connectivity index (χ1) is 14.8. The average Bonchev–Trinajstić information content (AvgIpc) is 3.13. The first-order valence-electron chi connectivity index (χ1n) is 9.83. The molecule has 0 unspecified atom stereocenters. The Bertz CT molecular complexity index is 1330. The van der Waals surface area contributed by atoms with E-state index in [9.17, 15) is 0 Å². The summed E-state index contributed by atoms with van der Waals surface area (Å²) in [6.07, 6.45) is 0. The van der Waals surface area contributed by atoms with Crippen molar-refractivity contribution in [1.29, 1.82) is 0 Å². The van der Waals surface area contributed by atoms with Gasteiger partial charge in [0.25, 0.3) is 0 Å². The maximum atomic E-state index is 6.35. The maximum absolute atomic E-state index is 6.35. The Hall–Kier alpha value is -4.18. The molecule has 0 aliphatic carbocycles. The Kier molecular flexibility index (Phi) is 4.58. The van der Waals surface area contributed by atoms with E-state index in [-0.39, 0.29) is 0 Å². The number of hydrogen-bond donors (Lipinski definition) is 1. The van der Waals surface area contributed by atoms with Crippen LogP contribution in [0.3, 0.4) is 0 Å². The van der Waals surface area contributed by atoms with Gasteiger partial charge in [0.2, 0.25) is 0 Å². The third kappa shape index (κ3) is 3.25. The van der Waals surface area contributed by atoms with Crippen molar-refractivity contribution in [3.63, 3.8) is 0 Å². The highest BCUT2D eigenvalue weighted by atomic mass is 15.4. The van der Waals surface area contributed by atoms with Crippen LogP contribution in [0.4, 0.5) is 0 Å². The van der Waals surface area contributed by atoms with E-state index in [1.165, 1.54) is 0 Å². The summed E-state index contributed by atoms with van der Waals surface area (Å²) in [6, 6.07) is 36.2. The van der Waals surface area contributed by atoms with Crippen molar-refractivity contribution >= 4 is 33.5 Å². The summed E-state index contributed by atoms with van der Waals surface area (Å²) in [4.78, 5) is 4.73. The Labute approximate surface area is 174 Å². The van der Waals surface area contributed by atoms with Gasteiger partial charge in [-0.15, -0.1) is 5.10 Å². The van der Waals surface area contributed by atoms with Crippen molar-refractivity contribution in [3.05, 3.63) is 120 Å². The van der Waals surface area contributed by atoms with Crippen LogP contribution in [0.2, 0.25) is 0 Å². The second-order valence-corrected chi connectivity index (χ2v) is 7.00. The Balaban J connectivity index is 1.76. The maximum Gasteiger partial charge on any atom is 0.182 e. The van der Waals surface area contributed by atoms with Gasteiger partial charge in [0.1, 0.15) is 5.84 Å². The summed E-state index contributed by atoms with van der Waals surface area (Å²) in [7, 11) is 0. The molecule has 0 saturated carbocycles. The fourth-order valence-corrected chi connectivity index (χ4v) is 3.62. The fourth-order valence-electron chi connectivity index (χ4n) is 3.62. The molecule has 0 radical (unpaired) electrons. The van der Waals surface area contributed by atoms with E-state index < -0.39 is 0 Å². The van der Waals surface area contributed by atoms with E-state index in [0.29, 0.717) is 11.7 Å². The normalized spacial score (nSPS) is 12.5. The lowest BCUT2D eigenvalue weighted by atomic mass is 10.2. The molecular formula is C26H20N4. The van der Waals surface area contributed by atoms with E-state index in [2.05, 4.69) is 24.3 Å². The summed E-state index contributed by atoms with van der Waals surface area (Å²) in [5.74, 6) is 0.988. The third-order valence-corrected chi connectivity index (χ3v) is 5.08. The van der Waals surface area contributed by atoms with Crippen molar-refractivity contribution in [2.24, 2.45) is 15.8 Å². The predicted octanol–water partition coefficient (Wildman–Crippen LogP) is 5.41. The van der Waals surface area contributed by atoms with Gasteiger partial charge in [-0.25, -0.2) is 9.67 Å². The highest BCUT2D eigenvalue weighted by Gasteiger charge is 2.11. The molecule has 1 heterocycles. The number of nitrogens with two attached hydrogens (primary N) is 1. The quantitative estimate of drug-likeness (QED) is 0.326. The molecule has 0 amide bonds. The zero-order chi connectivity index (χ0) is 20.3. The summed E-state index contributed by atoms with van der Waals surface area (Å²) in [5.41, 5.74) is 10.2. The molecular weight excluding hydrogens is 368 g/mol. The molecule has 4 aromatic carbocycles. The largest absolute Gasteiger partial charge is 0.383 e. The molecule has 0 saturated heterocycles. The monoisotopic (exact) mass is 388 g/mol. The number of fused-ring (bicyclic) bond motifs is 3. The second kappa shape index (κ2) is 7.68. The summed E-state index contributed by atoms with van der Waals surface area (Å²) < 4.78 is 1.95. The van der Waals surface area contributed by atoms with Crippen LogP contribution in [0.5, 0.6) is 0 Å². The molecule has 0 aliphatic rings. The van der Waals surface area contributed by atoms with Crippen LogP contribution in [0.25, 0.3) is 21.8 Å². The van der Waals surface area contributed by atoms with Crippen LogP contribution in [0.1, 0.15) is 11.1 Å². The molecule has 0 spiro atoms. The van der Waals surface area contributed by atoms with E-state index in [1.807, 2.05) is 89.6 Å². The van der Waals surface area contributed by atoms with Crippen molar-refractivity contribution in [3.8, 4) is 0 Å². The molecule has 0 atom stereocenters. The highest BCUT2D eigenvalue weighted by Crippen LogP contribution is 2.28. The fraction of sp³-hybridized carbons (Fsp3) is 0. The molecule has 30 heavy (non-hydrogen) atoms. The molecule has 5 rings (SSSR count). The number of para-hydroxylation sites is 2. The smallest absolute Gasteiger partial charge is 0.182 e. The summed E-state index contributed by atoms with van der Waals surface area (Å²) >= 11 is 0. The lowest BCUT2D eigenvalue weighted by molar-refractivity contribution is 0.962. The highest BCUT2D eigenvalue weighted by molar-refractivity contribution is 6.12. The third-order valence-electron chi connectivity index (χ3n) is 5.08. The zero-order valence-corrected chi connectivity index (χ0v) is 16.3. The Morgan fingerprint density at radius 1 is 0.567 bits per heavy atom. The van der Waals surface area contributed by atoms with Gasteiger partial charge in [-0.2, -0.15) is 0 Å². The number of rotatable bonds is 3. The van der Waals surface area contributed by atoms with E-state index in [0.717, 1.165) is 32.9 Å². The molecule has 4 heteroatoms. The number of aromatic nitrogens is 1. The lowest BCUT2D eigenvalue weighted by Gasteiger charge is -2.07. The van der Waals surface area contributed by atoms with Gasteiger partial charge in [-0.3, -0.25) is 0 Å². The van der Waals surface area contributed by atoms with Crippen LogP contribution in [-0.2, 0) is 0 Å². The molecule has 144 valence electrons. The SMILES string of the molecule is NC(=NC(=Nn1c2ccccc2c2ccccc21)c1ccccc1)c1ccccc1. The van der Waals surface area contributed by atoms with E-state index in [4.69, 9.17) is 15.8 Å². The first-order valence-corrected chi connectivity index (χ1v) is 9.83. The van der Waals surface area contributed by atoms with Gasteiger partial charge in [0.05, 0.1) is 11.0 Å². The molecule has 5 aromatic rings. The van der Waals surface area contributed by atoms with Crippen LogP contribution < -0.4 is 5.73 Å². The van der Waals surface area contributed by atoms with Crippen molar-refractivity contribution in [2.45, 2.75) is 0 Å². The number of nitrogens with zero attached hydrogens (tertiary/aromatic N) is 3. The molecule has 4 nitrogen and oxygen atoms in total. The van der Waals surface area contributed by atoms with E-state index in [1.54, 1.807) is 0 Å². The van der Waals surface area contributed by atoms with Gasteiger partial charge in [0, 0.05) is 21.9 Å². The van der Waals surface area contributed by atoms with Gasteiger partial charge in [0.15, 0.2) is 5.84 Å². The number of hydrogen-bond acceptors (Lipinski definition) is 1. The minimum atomic E-state index is 0.430. The molecule has 0 fully saturated rings. The zero-order valence-electron chi connectivity index (χ0n) is 16.3. The van der Waals surface area contributed by atoms with Crippen LogP contribution in [0.15, 0.2) is 119 Å². The van der Waals surface area contributed by atoms with Crippen LogP contribution in [0, 0.1) is 0 Å². The van der Waals surface area contributed by atoms with Gasteiger partial charge in [-0.1, -0.05) is 97.1 Å². The van der Waals surface area contributed by atoms with Gasteiger partial charge < -0.3 is 5.73 Å². The topological polar surface area (TPSA) is 55.7 Å². The minimum absolute atomic E-state index is 0.430. The number of aliphatic imine (C=N–C) groups is 1. The summed E-state index contributed by atoms with van der Waals surface area (Å²) in [5, 5.41) is 7.29. The molecule has 0 bridgehead atoms.